The van der Waals surface area contributed by atoms with Crippen molar-refractivity contribution in [3.63, 3.8) is 0 Å². The number of piperidine rings is 1. The van der Waals surface area contributed by atoms with E-state index in [9.17, 15) is 4.79 Å². The van der Waals surface area contributed by atoms with Crippen molar-refractivity contribution in [2.24, 2.45) is 10.8 Å². The molecule has 0 radical (unpaired) electrons. The van der Waals surface area contributed by atoms with Crippen LogP contribution in [-0.4, -0.2) is 25.5 Å². The summed E-state index contributed by atoms with van der Waals surface area (Å²) in [6.07, 6.45) is 9.44. The van der Waals surface area contributed by atoms with Crippen LogP contribution in [0, 0.1) is 10.8 Å². The van der Waals surface area contributed by atoms with Gasteiger partial charge in [-0.25, -0.2) is 0 Å². The fourth-order valence-electron chi connectivity index (χ4n) is 3.88. The first-order valence-corrected chi connectivity index (χ1v) is 8.15. The number of nitrogens with one attached hydrogen (secondary N) is 2. The number of hydrogen-bond donors (Lipinski definition) is 2. The van der Waals surface area contributed by atoms with Crippen molar-refractivity contribution in [1.82, 2.24) is 10.6 Å². The Bertz CT molecular complexity index is 302. The lowest BCUT2D eigenvalue weighted by molar-refractivity contribution is -0.133. The number of rotatable bonds is 5. The average molecular weight is 266 g/mol. The van der Waals surface area contributed by atoms with Crippen LogP contribution in [0.25, 0.3) is 0 Å². The smallest absolute Gasteiger partial charge is 0.226 e. The number of carbonyl (C=O) groups excluding carboxylic acids is 1. The second-order valence-electron chi connectivity index (χ2n) is 6.63. The van der Waals surface area contributed by atoms with Gasteiger partial charge in [0.05, 0.1) is 5.41 Å². The molecule has 19 heavy (non-hydrogen) atoms. The normalized spacial score (nSPS) is 25.2. The Hall–Kier alpha value is -0.570. The molecular formula is C16H30N2O. The minimum atomic E-state index is -0.0984. The molecule has 1 aliphatic carbocycles. The molecule has 2 N–H and O–H groups in total. The Morgan fingerprint density at radius 1 is 1.05 bits per heavy atom. The highest BCUT2D eigenvalue weighted by Crippen LogP contribution is 2.41. The van der Waals surface area contributed by atoms with Gasteiger partial charge in [0.2, 0.25) is 5.91 Å². The zero-order chi connectivity index (χ0) is 13.8. The van der Waals surface area contributed by atoms with E-state index in [4.69, 9.17) is 0 Å². The molecule has 0 aromatic carbocycles. The van der Waals surface area contributed by atoms with Gasteiger partial charge in [0, 0.05) is 6.54 Å². The maximum absolute atomic E-state index is 12.6. The molecule has 0 aromatic heterocycles. The van der Waals surface area contributed by atoms with Crippen LogP contribution in [0.4, 0.5) is 0 Å². The SMILES string of the molecule is CCC1(CNC(=O)C2(CC)CCNCC2)CCCC1. The van der Waals surface area contributed by atoms with Gasteiger partial charge in [0.1, 0.15) is 0 Å². The molecule has 2 aliphatic rings. The van der Waals surface area contributed by atoms with E-state index < -0.39 is 0 Å². The summed E-state index contributed by atoms with van der Waals surface area (Å²) >= 11 is 0. The van der Waals surface area contributed by atoms with Gasteiger partial charge in [-0.1, -0.05) is 26.7 Å². The molecule has 1 heterocycles. The van der Waals surface area contributed by atoms with E-state index in [1.54, 1.807) is 0 Å². The summed E-state index contributed by atoms with van der Waals surface area (Å²) in [5, 5.41) is 6.68. The maximum Gasteiger partial charge on any atom is 0.226 e. The van der Waals surface area contributed by atoms with Gasteiger partial charge in [-0.15, -0.1) is 0 Å². The molecule has 0 spiro atoms. The molecule has 0 aromatic rings. The van der Waals surface area contributed by atoms with Crippen molar-refractivity contribution in [2.45, 2.75) is 65.2 Å². The van der Waals surface area contributed by atoms with E-state index in [0.717, 1.165) is 38.9 Å². The van der Waals surface area contributed by atoms with E-state index in [2.05, 4.69) is 24.5 Å². The lowest BCUT2D eigenvalue weighted by Crippen LogP contribution is -2.49. The number of amides is 1. The molecule has 1 amide bonds. The molecule has 0 atom stereocenters. The van der Waals surface area contributed by atoms with Crippen molar-refractivity contribution in [3.05, 3.63) is 0 Å². The third-order valence-electron chi connectivity index (χ3n) is 5.76. The molecule has 1 saturated heterocycles. The van der Waals surface area contributed by atoms with Gasteiger partial charge in [-0.3, -0.25) is 4.79 Å². The minimum Gasteiger partial charge on any atom is -0.355 e. The molecule has 110 valence electrons. The molecule has 3 heteroatoms. The quantitative estimate of drug-likeness (QED) is 0.803. The summed E-state index contributed by atoms with van der Waals surface area (Å²) in [6.45, 7) is 7.31. The number of carbonyl (C=O) groups is 1. The van der Waals surface area contributed by atoms with Crippen LogP contribution in [0.15, 0.2) is 0 Å². The molecule has 0 bridgehead atoms. The van der Waals surface area contributed by atoms with Crippen LogP contribution in [0.3, 0.4) is 0 Å². The Labute approximate surface area is 117 Å². The molecule has 2 fully saturated rings. The third kappa shape index (κ3) is 3.13. The first-order chi connectivity index (χ1) is 9.16. The fraction of sp³-hybridized carbons (Fsp3) is 0.938. The van der Waals surface area contributed by atoms with Crippen LogP contribution < -0.4 is 10.6 Å². The van der Waals surface area contributed by atoms with Gasteiger partial charge in [0.15, 0.2) is 0 Å². The van der Waals surface area contributed by atoms with Gasteiger partial charge in [-0.05, 0) is 57.0 Å². The third-order valence-corrected chi connectivity index (χ3v) is 5.76. The average Bonchev–Trinajstić information content (AvgIpc) is 2.95. The molecular weight excluding hydrogens is 236 g/mol. The second kappa shape index (κ2) is 6.25. The van der Waals surface area contributed by atoms with Gasteiger partial charge in [-0.2, -0.15) is 0 Å². The maximum atomic E-state index is 12.6. The van der Waals surface area contributed by atoms with E-state index in [1.807, 2.05) is 0 Å². The summed E-state index contributed by atoms with van der Waals surface area (Å²) < 4.78 is 0. The largest absolute Gasteiger partial charge is 0.355 e. The summed E-state index contributed by atoms with van der Waals surface area (Å²) in [7, 11) is 0. The van der Waals surface area contributed by atoms with Crippen molar-refractivity contribution < 1.29 is 4.79 Å². The van der Waals surface area contributed by atoms with E-state index >= 15 is 0 Å². The minimum absolute atomic E-state index is 0.0984. The van der Waals surface area contributed by atoms with Crippen LogP contribution >= 0.6 is 0 Å². The predicted octanol–water partition coefficient (Wildman–Crippen LogP) is 2.85. The fourth-order valence-corrected chi connectivity index (χ4v) is 3.88. The van der Waals surface area contributed by atoms with Crippen molar-refractivity contribution in [3.8, 4) is 0 Å². The van der Waals surface area contributed by atoms with Gasteiger partial charge >= 0.3 is 0 Å². The predicted molar refractivity (Wildman–Crippen MR) is 79.0 cm³/mol. The molecule has 2 rings (SSSR count). The highest BCUT2D eigenvalue weighted by molar-refractivity contribution is 5.82. The monoisotopic (exact) mass is 266 g/mol. The van der Waals surface area contributed by atoms with Crippen molar-refractivity contribution in [2.75, 3.05) is 19.6 Å². The summed E-state index contributed by atoms with van der Waals surface area (Å²) in [4.78, 5) is 12.6. The molecule has 0 unspecified atom stereocenters. The van der Waals surface area contributed by atoms with E-state index in [1.165, 1.54) is 32.1 Å². The van der Waals surface area contributed by atoms with E-state index in [0.29, 0.717) is 11.3 Å². The van der Waals surface area contributed by atoms with Crippen molar-refractivity contribution in [1.29, 1.82) is 0 Å². The number of hydrogen-bond acceptors (Lipinski definition) is 2. The summed E-state index contributed by atoms with van der Waals surface area (Å²) in [5.74, 6) is 0.316. The lowest BCUT2D eigenvalue weighted by atomic mass is 9.75. The van der Waals surface area contributed by atoms with E-state index in [-0.39, 0.29) is 5.41 Å². The first kappa shape index (κ1) is 14.8. The molecule has 3 nitrogen and oxygen atoms in total. The molecule has 1 saturated carbocycles. The Kier molecular flexibility index (Phi) is 4.88. The van der Waals surface area contributed by atoms with Crippen LogP contribution in [0.2, 0.25) is 0 Å². The highest BCUT2D eigenvalue weighted by atomic mass is 16.2. The summed E-state index contributed by atoms with van der Waals surface area (Å²) in [5.41, 5.74) is 0.302. The second-order valence-corrected chi connectivity index (χ2v) is 6.63. The Balaban J connectivity index is 1.92. The summed E-state index contributed by atoms with van der Waals surface area (Å²) in [6, 6.07) is 0. The van der Waals surface area contributed by atoms with Gasteiger partial charge in [0.25, 0.3) is 0 Å². The van der Waals surface area contributed by atoms with Crippen molar-refractivity contribution >= 4 is 5.91 Å². The van der Waals surface area contributed by atoms with Crippen LogP contribution in [0.5, 0.6) is 0 Å². The van der Waals surface area contributed by atoms with Gasteiger partial charge < -0.3 is 10.6 Å². The Morgan fingerprint density at radius 2 is 1.68 bits per heavy atom. The standard InChI is InChI=1S/C16H30N2O/c1-3-15(7-5-6-8-15)13-18-14(19)16(4-2)9-11-17-12-10-16/h17H,3-13H2,1-2H3,(H,18,19). The topological polar surface area (TPSA) is 41.1 Å². The zero-order valence-electron chi connectivity index (χ0n) is 12.7. The van der Waals surface area contributed by atoms with Crippen LogP contribution in [0.1, 0.15) is 65.2 Å². The zero-order valence-corrected chi connectivity index (χ0v) is 12.7. The Morgan fingerprint density at radius 3 is 2.21 bits per heavy atom. The lowest BCUT2D eigenvalue weighted by Gasteiger charge is -2.37. The molecule has 1 aliphatic heterocycles. The first-order valence-electron chi connectivity index (χ1n) is 8.15. The van der Waals surface area contributed by atoms with Crippen LogP contribution in [-0.2, 0) is 4.79 Å². The highest BCUT2D eigenvalue weighted by Gasteiger charge is 2.39.